The first-order valence-corrected chi connectivity index (χ1v) is 6.25. The van der Waals surface area contributed by atoms with Crippen molar-refractivity contribution in [3.63, 3.8) is 0 Å². The van der Waals surface area contributed by atoms with E-state index >= 15 is 0 Å². The molecule has 0 atom stereocenters. The van der Waals surface area contributed by atoms with Crippen molar-refractivity contribution in [3.05, 3.63) is 23.8 Å². The van der Waals surface area contributed by atoms with E-state index in [1.165, 1.54) is 25.1 Å². The van der Waals surface area contributed by atoms with Crippen molar-refractivity contribution in [1.82, 2.24) is 5.32 Å². The van der Waals surface area contributed by atoms with Crippen molar-refractivity contribution < 1.29 is 32.6 Å². The first-order valence-electron chi connectivity index (χ1n) is 6.25. The van der Waals surface area contributed by atoms with E-state index in [1.54, 1.807) is 0 Å². The maximum Gasteiger partial charge on any atom is 0.422 e. The van der Waals surface area contributed by atoms with Gasteiger partial charge in [0.15, 0.2) is 6.61 Å². The van der Waals surface area contributed by atoms with Crippen LogP contribution in [0.2, 0.25) is 0 Å². The van der Waals surface area contributed by atoms with Crippen LogP contribution in [-0.4, -0.2) is 36.4 Å². The summed E-state index contributed by atoms with van der Waals surface area (Å²) in [4.78, 5) is 21.8. The third-order valence-electron chi connectivity index (χ3n) is 2.55. The first kappa shape index (κ1) is 17.6. The van der Waals surface area contributed by atoms with Gasteiger partial charge in [0.25, 0.3) is 0 Å². The Morgan fingerprint density at radius 1 is 1.32 bits per heavy atom. The highest BCUT2D eigenvalue weighted by molar-refractivity contribution is 5.90. The molecule has 0 radical (unpaired) electrons. The van der Waals surface area contributed by atoms with E-state index in [4.69, 9.17) is 5.11 Å². The monoisotopic (exact) mass is 320 g/mol. The van der Waals surface area contributed by atoms with E-state index in [1.807, 2.05) is 0 Å². The third kappa shape index (κ3) is 6.33. The lowest BCUT2D eigenvalue weighted by molar-refractivity contribution is -0.153. The fourth-order valence-corrected chi connectivity index (χ4v) is 1.52. The van der Waals surface area contributed by atoms with Crippen molar-refractivity contribution in [2.24, 2.45) is 0 Å². The van der Waals surface area contributed by atoms with E-state index in [0.717, 1.165) is 0 Å². The molecule has 0 bridgehead atoms. The molecule has 0 aliphatic carbocycles. The van der Waals surface area contributed by atoms with E-state index < -0.39 is 24.8 Å². The summed E-state index contributed by atoms with van der Waals surface area (Å²) in [5.74, 6) is -1.06. The lowest BCUT2D eigenvalue weighted by Crippen LogP contribution is -2.30. The molecule has 3 N–H and O–H groups in total. The number of rotatable bonds is 6. The average Bonchev–Trinajstić information content (AvgIpc) is 2.38. The van der Waals surface area contributed by atoms with Crippen LogP contribution in [-0.2, 0) is 4.79 Å². The molecule has 0 aromatic heterocycles. The van der Waals surface area contributed by atoms with Crippen molar-refractivity contribution in [2.75, 3.05) is 18.5 Å². The Labute approximate surface area is 124 Å². The van der Waals surface area contributed by atoms with Gasteiger partial charge in [0.05, 0.1) is 6.42 Å². The van der Waals surface area contributed by atoms with Crippen LogP contribution in [0, 0.1) is 6.92 Å². The Bertz CT molecular complexity index is 547. The summed E-state index contributed by atoms with van der Waals surface area (Å²) in [7, 11) is 0. The number of carboxylic acids is 1. The molecule has 6 nitrogen and oxygen atoms in total. The minimum Gasteiger partial charge on any atom is -0.484 e. The van der Waals surface area contributed by atoms with Gasteiger partial charge in [-0.2, -0.15) is 13.2 Å². The minimum absolute atomic E-state index is 0.000612. The average molecular weight is 320 g/mol. The number of halogens is 3. The largest absolute Gasteiger partial charge is 0.484 e. The van der Waals surface area contributed by atoms with Crippen LogP contribution in [0.4, 0.5) is 23.7 Å². The lowest BCUT2D eigenvalue weighted by atomic mass is 10.2. The number of carbonyl (C=O) groups is 2. The number of anilines is 1. The number of urea groups is 1. The smallest absolute Gasteiger partial charge is 0.422 e. The van der Waals surface area contributed by atoms with Gasteiger partial charge in [0.2, 0.25) is 0 Å². The lowest BCUT2D eigenvalue weighted by Gasteiger charge is -2.15. The van der Waals surface area contributed by atoms with Gasteiger partial charge >= 0.3 is 18.2 Å². The van der Waals surface area contributed by atoms with E-state index in [-0.39, 0.29) is 24.4 Å². The summed E-state index contributed by atoms with van der Waals surface area (Å²) in [6.45, 7) is 0.00511. The summed E-state index contributed by atoms with van der Waals surface area (Å²) in [6, 6.07) is 3.63. The zero-order chi connectivity index (χ0) is 16.8. The number of nitrogens with one attached hydrogen (secondary N) is 2. The van der Waals surface area contributed by atoms with Gasteiger partial charge in [-0.15, -0.1) is 0 Å². The molecule has 1 aromatic carbocycles. The molecule has 0 unspecified atom stereocenters. The summed E-state index contributed by atoms with van der Waals surface area (Å²) in [5.41, 5.74) is 0.604. The number of amides is 2. The molecule has 0 heterocycles. The minimum atomic E-state index is -4.45. The molecule has 2 amide bonds. The van der Waals surface area contributed by atoms with Gasteiger partial charge in [-0.1, -0.05) is 6.07 Å². The highest BCUT2D eigenvalue weighted by Gasteiger charge is 2.28. The van der Waals surface area contributed by atoms with Crippen LogP contribution < -0.4 is 15.4 Å². The van der Waals surface area contributed by atoms with Crippen LogP contribution in [0.3, 0.4) is 0 Å². The number of benzene rings is 1. The van der Waals surface area contributed by atoms with E-state index in [9.17, 15) is 22.8 Å². The highest BCUT2D eigenvalue weighted by atomic mass is 19.4. The molecule has 1 rings (SSSR count). The van der Waals surface area contributed by atoms with Crippen LogP contribution >= 0.6 is 0 Å². The molecular weight excluding hydrogens is 305 g/mol. The molecule has 1 aromatic rings. The van der Waals surface area contributed by atoms with Crippen molar-refractivity contribution in [1.29, 1.82) is 0 Å². The Morgan fingerprint density at radius 3 is 2.59 bits per heavy atom. The number of hydrogen-bond acceptors (Lipinski definition) is 3. The zero-order valence-electron chi connectivity index (χ0n) is 11.7. The van der Waals surface area contributed by atoms with E-state index in [0.29, 0.717) is 5.56 Å². The maximum atomic E-state index is 12.1. The molecule has 122 valence electrons. The van der Waals surface area contributed by atoms with Gasteiger partial charge in [-0.3, -0.25) is 4.79 Å². The number of carboxylic acid groups (broad SMARTS) is 1. The Morgan fingerprint density at radius 2 is 2.00 bits per heavy atom. The molecule has 0 fully saturated rings. The van der Waals surface area contributed by atoms with Gasteiger partial charge in [-0.05, 0) is 19.1 Å². The zero-order valence-corrected chi connectivity index (χ0v) is 11.7. The second-order valence-electron chi connectivity index (χ2n) is 4.36. The van der Waals surface area contributed by atoms with Crippen molar-refractivity contribution in [3.8, 4) is 5.75 Å². The molecule has 0 saturated heterocycles. The fourth-order valence-electron chi connectivity index (χ4n) is 1.52. The Hall–Kier alpha value is -2.45. The van der Waals surface area contributed by atoms with Crippen LogP contribution in [0.5, 0.6) is 5.75 Å². The Balaban J connectivity index is 2.64. The standard InChI is InChI=1S/C13H15F3N2O4/c1-8-9(18-12(21)17-6-5-11(19)20)3-2-4-10(8)22-7-13(14,15)16/h2-4H,5-7H2,1H3,(H,19,20)(H2,17,18,21). The predicted octanol–water partition coefficient (Wildman–Crippen LogP) is 2.53. The Kier molecular flexibility index (Phi) is 6.02. The van der Waals surface area contributed by atoms with Gasteiger partial charge in [-0.25, -0.2) is 4.79 Å². The topological polar surface area (TPSA) is 87.7 Å². The summed E-state index contributed by atoms with van der Waals surface area (Å²) in [5, 5.41) is 13.2. The summed E-state index contributed by atoms with van der Waals surface area (Å²) in [6.07, 6.45) is -4.69. The molecule has 0 aliphatic heterocycles. The normalized spacial score (nSPS) is 10.9. The van der Waals surface area contributed by atoms with E-state index in [2.05, 4.69) is 15.4 Å². The predicted molar refractivity (Wildman–Crippen MR) is 72.0 cm³/mol. The SMILES string of the molecule is Cc1c(NC(=O)NCCC(=O)O)cccc1OCC(F)(F)F. The maximum absolute atomic E-state index is 12.1. The molecule has 0 spiro atoms. The van der Waals surface area contributed by atoms with Crippen LogP contribution in [0.25, 0.3) is 0 Å². The van der Waals surface area contributed by atoms with Crippen molar-refractivity contribution in [2.45, 2.75) is 19.5 Å². The molecule has 0 saturated carbocycles. The third-order valence-corrected chi connectivity index (χ3v) is 2.55. The fraction of sp³-hybridized carbons (Fsp3) is 0.385. The molecule has 9 heteroatoms. The first-order chi connectivity index (χ1) is 10.2. The highest BCUT2D eigenvalue weighted by Crippen LogP contribution is 2.27. The van der Waals surface area contributed by atoms with Gasteiger partial charge < -0.3 is 20.5 Å². The van der Waals surface area contributed by atoms with Crippen LogP contribution in [0.1, 0.15) is 12.0 Å². The number of alkyl halides is 3. The number of carbonyl (C=O) groups excluding carboxylic acids is 1. The summed E-state index contributed by atoms with van der Waals surface area (Å²) >= 11 is 0. The summed E-state index contributed by atoms with van der Waals surface area (Å²) < 4.78 is 41.1. The van der Waals surface area contributed by atoms with Gasteiger partial charge in [0, 0.05) is 17.8 Å². The number of ether oxygens (including phenoxy) is 1. The molecular formula is C13H15F3N2O4. The second kappa shape index (κ2) is 7.53. The quantitative estimate of drug-likeness (QED) is 0.751. The number of aliphatic carboxylic acids is 1. The molecule has 22 heavy (non-hydrogen) atoms. The van der Waals surface area contributed by atoms with Crippen LogP contribution in [0.15, 0.2) is 18.2 Å². The second-order valence-corrected chi connectivity index (χ2v) is 4.36. The number of hydrogen-bond donors (Lipinski definition) is 3. The van der Waals surface area contributed by atoms with Crippen molar-refractivity contribution >= 4 is 17.7 Å². The molecule has 0 aliphatic rings. The van der Waals surface area contributed by atoms with Gasteiger partial charge in [0.1, 0.15) is 5.75 Å².